The maximum Gasteiger partial charge on any atom is 0.348 e. The molecule has 0 bridgehead atoms. The van der Waals surface area contributed by atoms with Crippen LogP contribution in [0.5, 0.6) is 0 Å². The first-order valence-electron chi connectivity index (χ1n) is 6.09. The van der Waals surface area contributed by atoms with Crippen LogP contribution in [0.3, 0.4) is 0 Å². The van der Waals surface area contributed by atoms with Gasteiger partial charge >= 0.3 is 5.97 Å². The maximum absolute atomic E-state index is 13.6. The number of benzene rings is 1. The van der Waals surface area contributed by atoms with Gasteiger partial charge in [-0.05, 0) is 24.3 Å². The Morgan fingerprint density at radius 3 is 2.90 bits per heavy atom. The summed E-state index contributed by atoms with van der Waals surface area (Å²) in [5.74, 6) is -0.824. The second-order valence-electron chi connectivity index (χ2n) is 4.33. The van der Waals surface area contributed by atoms with E-state index in [1.54, 1.807) is 30.5 Å². The third-order valence-corrected chi connectivity index (χ3v) is 4.17. The van der Waals surface area contributed by atoms with Crippen molar-refractivity contribution in [2.24, 2.45) is 0 Å². The third kappa shape index (κ3) is 3.04. The number of hydrogen-bond donors (Lipinski definition) is 0. The summed E-state index contributed by atoms with van der Waals surface area (Å²) in [6, 6.07) is 9.61. The molecule has 3 rings (SSSR count). The highest BCUT2D eigenvalue weighted by Gasteiger charge is 2.13. The van der Waals surface area contributed by atoms with Crippen LogP contribution in [-0.4, -0.2) is 11.0 Å². The van der Waals surface area contributed by atoms with Gasteiger partial charge in [-0.15, -0.1) is 11.3 Å². The van der Waals surface area contributed by atoms with Crippen LogP contribution in [0.25, 0.3) is 10.1 Å². The number of aromatic nitrogens is 1. The number of rotatable bonds is 3. The minimum atomic E-state index is -0.481. The van der Waals surface area contributed by atoms with Crippen molar-refractivity contribution < 1.29 is 13.9 Å². The van der Waals surface area contributed by atoms with Gasteiger partial charge in [0.25, 0.3) is 0 Å². The van der Waals surface area contributed by atoms with E-state index in [-0.39, 0.29) is 12.4 Å². The molecular weight excluding hydrogens is 313 g/mol. The Hall–Kier alpha value is -1.98. The minimum Gasteiger partial charge on any atom is -0.457 e. The third-order valence-electron chi connectivity index (χ3n) is 2.87. The molecule has 21 heavy (non-hydrogen) atoms. The van der Waals surface area contributed by atoms with Gasteiger partial charge in [0.05, 0.1) is 0 Å². The Morgan fingerprint density at radius 2 is 2.19 bits per heavy atom. The Labute approximate surface area is 129 Å². The Morgan fingerprint density at radius 1 is 1.33 bits per heavy atom. The smallest absolute Gasteiger partial charge is 0.348 e. The van der Waals surface area contributed by atoms with Gasteiger partial charge in [-0.2, -0.15) is 0 Å². The molecule has 0 amide bonds. The molecule has 1 aromatic carbocycles. The van der Waals surface area contributed by atoms with Crippen molar-refractivity contribution >= 4 is 39.0 Å². The van der Waals surface area contributed by atoms with E-state index in [9.17, 15) is 9.18 Å². The molecule has 0 aliphatic heterocycles. The molecule has 0 atom stereocenters. The highest BCUT2D eigenvalue weighted by Crippen LogP contribution is 2.28. The van der Waals surface area contributed by atoms with Crippen molar-refractivity contribution in [2.45, 2.75) is 6.61 Å². The first kappa shape index (κ1) is 14.0. The van der Waals surface area contributed by atoms with E-state index < -0.39 is 5.97 Å². The van der Waals surface area contributed by atoms with E-state index in [1.807, 2.05) is 0 Å². The average Bonchev–Trinajstić information content (AvgIpc) is 2.92. The molecule has 0 fully saturated rings. The van der Waals surface area contributed by atoms with Crippen molar-refractivity contribution in [2.75, 3.05) is 0 Å². The van der Waals surface area contributed by atoms with E-state index >= 15 is 0 Å². The predicted molar refractivity (Wildman–Crippen MR) is 80.1 cm³/mol. The van der Waals surface area contributed by atoms with Crippen molar-refractivity contribution in [3.8, 4) is 0 Å². The number of ether oxygens (including phenoxy) is 1. The highest BCUT2D eigenvalue weighted by atomic mass is 35.5. The fourth-order valence-electron chi connectivity index (χ4n) is 1.84. The van der Waals surface area contributed by atoms with Crippen LogP contribution in [0.15, 0.2) is 42.6 Å². The maximum atomic E-state index is 13.6. The number of carbonyl (C=O) groups is 1. The lowest BCUT2D eigenvalue weighted by Gasteiger charge is -2.02. The van der Waals surface area contributed by atoms with Crippen LogP contribution in [0, 0.1) is 5.82 Å². The van der Waals surface area contributed by atoms with E-state index in [2.05, 4.69) is 4.98 Å². The first-order chi connectivity index (χ1) is 10.1. The van der Waals surface area contributed by atoms with Crippen LogP contribution in [0.1, 0.15) is 15.2 Å². The van der Waals surface area contributed by atoms with Crippen LogP contribution in [0.4, 0.5) is 4.39 Å². The second kappa shape index (κ2) is 5.79. The summed E-state index contributed by atoms with van der Waals surface area (Å²) < 4.78 is 19.5. The number of pyridine rings is 1. The molecule has 0 saturated heterocycles. The molecule has 0 spiro atoms. The number of nitrogens with zero attached hydrogens (tertiary/aromatic N) is 1. The quantitative estimate of drug-likeness (QED) is 0.528. The van der Waals surface area contributed by atoms with Crippen molar-refractivity contribution in [1.82, 2.24) is 4.98 Å². The molecular formula is C15H9ClFNO2S. The number of esters is 1. The summed E-state index contributed by atoms with van der Waals surface area (Å²) in [4.78, 5) is 16.3. The molecule has 3 nitrogen and oxygen atoms in total. The lowest BCUT2D eigenvalue weighted by Crippen LogP contribution is -2.03. The summed E-state index contributed by atoms with van der Waals surface area (Å²) >= 11 is 6.88. The minimum absolute atomic E-state index is 0.0970. The standard InChI is InChI=1S/C15H9ClFNO2S/c16-14-5-4-9(7-18-14)8-20-15(19)13-6-10-11(17)2-1-3-12(10)21-13/h1-7H,8H2. The van der Waals surface area contributed by atoms with Crippen molar-refractivity contribution in [3.63, 3.8) is 0 Å². The van der Waals surface area contributed by atoms with E-state index in [0.29, 0.717) is 15.4 Å². The largest absolute Gasteiger partial charge is 0.457 e. The van der Waals surface area contributed by atoms with E-state index in [4.69, 9.17) is 16.3 Å². The fourth-order valence-corrected chi connectivity index (χ4v) is 2.92. The molecule has 6 heteroatoms. The number of carbonyl (C=O) groups excluding carboxylic acids is 1. The van der Waals surface area contributed by atoms with E-state index in [1.165, 1.54) is 23.5 Å². The summed E-state index contributed by atoms with van der Waals surface area (Å²) in [6.45, 7) is 0.0970. The fraction of sp³-hybridized carbons (Fsp3) is 0.0667. The van der Waals surface area contributed by atoms with Gasteiger partial charge in [0, 0.05) is 21.8 Å². The molecule has 2 aromatic heterocycles. The normalized spacial score (nSPS) is 10.8. The zero-order valence-electron chi connectivity index (χ0n) is 10.7. The van der Waals surface area contributed by atoms with Gasteiger partial charge in [0.1, 0.15) is 22.5 Å². The number of fused-ring (bicyclic) bond motifs is 1. The monoisotopic (exact) mass is 321 g/mol. The molecule has 106 valence electrons. The summed E-state index contributed by atoms with van der Waals surface area (Å²) in [5, 5.41) is 0.813. The number of hydrogen-bond acceptors (Lipinski definition) is 4. The Balaban J connectivity index is 1.75. The number of halogens is 2. The van der Waals surface area contributed by atoms with Gasteiger partial charge in [-0.3, -0.25) is 0 Å². The second-order valence-corrected chi connectivity index (χ2v) is 5.80. The molecule has 0 N–H and O–H groups in total. The molecule has 0 saturated carbocycles. The SMILES string of the molecule is O=C(OCc1ccc(Cl)nc1)c1cc2c(F)cccc2s1. The van der Waals surface area contributed by atoms with Crippen molar-refractivity contribution in [3.05, 3.63) is 64.0 Å². The predicted octanol–water partition coefficient (Wildman–Crippen LogP) is 4.45. The molecule has 0 radical (unpaired) electrons. The molecule has 0 aliphatic carbocycles. The van der Waals surface area contributed by atoms with Gasteiger partial charge < -0.3 is 4.74 Å². The van der Waals surface area contributed by atoms with Gasteiger partial charge in [0.2, 0.25) is 0 Å². The van der Waals surface area contributed by atoms with Gasteiger partial charge in [-0.25, -0.2) is 14.2 Å². The van der Waals surface area contributed by atoms with Crippen LogP contribution < -0.4 is 0 Å². The van der Waals surface area contributed by atoms with Crippen molar-refractivity contribution in [1.29, 1.82) is 0 Å². The lowest BCUT2D eigenvalue weighted by molar-refractivity contribution is 0.0478. The number of thiophene rings is 1. The summed E-state index contributed by atoms with van der Waals surface area (Å²) in [7, 11) is 0. The van der Waals surface area contributed by atoms with Crippen LogP contribution in [0.2, 0.25) is 5.15 Å². The molecule has 0 unspecified atom stereocenters. The molecule has 0 aliphatic rings. The summed E-state index contributed by atoms with van der Waals surface area (Å²) in [5.41, 5.74) is 0.736. The Bertz CT molecular complexity index is 801. The molecule has 3 aromatic rings. The van der Waals surface area contributed by atoms with Crippen LogP contribution in [-0.2, 0) is 11.3 Å². The highest BCUT2D eigenvalue weighted by molar-refractivity contribution is 7.20. The lowest BCUT2D eigenvalue weighted by atomic mass is 10.2. The zero-order chi connectivity index (χ0) is 14.8. The van der Waals surface area contributed by atoms with Gasteiger partial charge in [0.15, 0.2) is 0 Å². The average molecular weight is 322 g/mol. The molecule has 2 heterocycles. The Kier molecular flexibility index (Phi) is 3.86. The van der Waals surface area contributed by atoms with E-state index in [0.717, 1.165) is 10.3 Å². The topological polar surface area (TPSA) is 39.2 Å². The first-order valence-corrected chi connectivity index (χ1v) is 7.28. The summed E-state index contributed by atoms with van der Waals surface area (Å²) in [6.07, 6.45) is 1.54. The zero-order valence-corrected chi connectivity index (χ0v) is 12.2. The van der Waals surface area contributed by atoms with Crippen LogP contribution >= 0.6 is 22.9 Å². The van der Waals surface area contributed by atoms with Gasteiger partial charge in [-0.1, -0.05) is 23.7 Å².